The quantitative estimate of drug-likeness (QED) is 0.720. The van der Waals surface area contributed by atoms with E-state index in [-0.39, 0.29) is 0 Å². The molecule has 0 atom stereocenters. The molecule has 1 heterocycles. The average molecular weight is 223 g/mol. The lowest BCUT2D eigenvalue weighted by Gasteiger charge is -2.08. The smallest absolute Gasteiger partial charge is 0.0625 e. The van der Waals surface area contributed by atoms with Crippen LogP contribution in [-0.2, 0) is 19.5 Å². The Bertz CT molecular complexity index is 302. The van der Waals surface area contributed by atoms with E-state index in [1.54, 1.807) is 0 Å². The summed E-state index contributed by atoms with van der Waals surface area (Å²) in [5.74, 6) is 0.773. The van der Waals surface area contributed by atoms with Gasteiger partial charge < -0.3 is 5.32 Å². The highest BCUT2D eigenvalue weighted by Gasteiger charge is 2.04. The van der Waals surface area contributed by atoms with Crippen molar-refractivity contribution in [3.63, 3.8) is 0 Å². The third kappa shape index (κ3) is 3.97. The first-order valence-corrected chi connectivity index (χ1v) is 6.43. The van der Waals surface area contributed by atoms with E-state index >= 15 is 0 Å². The molecule has 0 unspecified atom stereocenters. The van der Waals surface area contributed by atoms with E-state index in [1.165, 1.54) is 17.8 Å². The lowest BCUT2D eigenvalue weighted by molar-refractivity contribution is 0.520. The molecule has 0 aliphatic rings. The second-order valence-corrected chi connectivity index (χ2v) is 4.66. The van der Waals surface area contributed by atoms with Gasteiger partial charge in [-0.1, -0.05) is 20.8 Å². The predicted octanol–water partition coefficient (Wildman–Crippen LogP) is 2.60. The lowest BCUT2D eigenvalue weighted by atomic mass is 10.1. The Labute approximate surface area is 99.2 Å². The van der Waals surface area contributed by atoms with Crippen molar-refractivity contribution in [3.8, 4) is 0 Å². The molecule has 0 amide bonds. The van der Waals surface area contributed by atoms with Crippen LogP contribution >= 0.6 is 0 Å². The van der Waals surface area contributed by atoms with Crippen molar-refractivity contribution < 1.29 is 0 Å². The summed E-state index contributed by atoms with van der Waals surface area (Å²) in [6.07, 6.45) is 2.26. The molecule has 1 aromatic rings. The fourth-order valence-corrected chi connectivity index (χ4v) is 1.71. The summed E-state index contributed by atoms with van der Waals surface area (Å²) < 4.78 is 2.10. The Morgan fingerprint density at radius 2 is 2.12 bits per heavy atom. The molecule has 0 aliphatic heterocycles. The number of hydrogen-bond acceptors (Lipinski definition) is 2. The zero-order valence-corrected chi connectivity index (χ0v) is 11.1. The van der Waals surface area contributed by atoms with E-state index in [0.717, 1.165) is 32.0 Å². The van der Waals surface area contributed by atoms with Gasteiger partial charge in [0.1, 0.15) is 0 Å². The largest absolute Gasteiger partial charge is 0.311 e. The van der Waals surface area contributed by atoms with Gasteiger partial charge in [-0.25, -0.2) is 0 Å². The first kappa shape index (κ1) is 13.2. The van der Waals surface area contributed by atoms with Gasteiger partial charge in [0.2, 0.25) is 0 Å². The molecule has 92 valence electrons. The van der Waals surface area contributed by atoms with Gasteiger partial charge in [0.05, 0.1) is 11.4 Å². The third-order valence-electron chi connectivity index (χ3n) is 2.78. The first-order valence-electron chi connectivity index (χ1n) is 6.43. The topological polar surface area (TPSA) is 29.9 Å². The maximum Gasteiger partial charge on any atom is 0.0625 e. The van der Waals surface area contributed by atoms with E-state index in [2.05, 4.69) is 48.9 Å². The van der Waals surface area contributed by atoms with Crippen LogP contribution in [0.1, 0.15) is 45.5 Å². The zero-order valence-electron chi connectivity index (χ0n) is 11.1. The highest BCUT2D eigenvalue weighted by atomic mass is 15.3. The Morgan fingerprint density at radius 3 is 2.69 bits per heavy atom. The van der Waals surface area contributed by atoms with Crippen molar-refractivity contribution >= 4 is 0 Å². The Kier molecular flexibility index (Phi) is 5.53. The van der Waals surface area contributed by atoms with Crippen LogP contribution in [0.5, 0.6) is 0 Å². The van der Waals surface area contributed by atoms with E-state index < -0.39 is 0 Å². The van der Waals surface area contributed by atoms with Gasteiger partial charge in [-0.05, 0) is 38.3 Å². The molecule has 0 bridgehead atoms. The normalized spacial score (nSPS) is 11.3. The summed E-state index contributed by atoms with van der Waals surface area (Å²) in [6, 6.07) is 2.21. The standard InChI is InChI=1S/C13H25N3/c1-5-12-9-13(16(6-2)15-12)10-14-8-7-11(3)4/h9,11,14H,5-8,10H2,1-4H3. The molecule has 1 N–H and O–H groups in total. The van der Waals surface area contributed by atoms with E-state index in [0.29, 0.717) is 0 Å². The van der Waals surface area contributed by atoms with Crippen LogP contribution in [0.25, 0.3) is 0 Å². The van der Waals surface area contributed by atoms with Gasteiger partial charge in [0, 0.05) is 13.1 Å². The number of aryl methyl sites for hydroxylation is 2. The van der Waals surface area contributed by atoms with Crippen molar-refractivity contribution in [2.75, 3.05) is 6.54 Å². The molecule has 3 heteroatoms. The zero-order chi connectivity index (χ0) is 12.0. The van der Waals surface area contributed by atoms with Crippen LogP contribution in [0.2, 0.25) is 0 Å². The number of rotatable bonds is 7. The second-order valence-electron chi connectivity index (χ2n) is 4.66. The van der Waals surface area contributed by atoms with Gasteiger partial charge in [-0.15, -0.1) is 0 Å². The second kappa shape index (κ2) is 6.69. The van der Waals surface area contributed by atoms with Gasteiger partial charge in [0.15, 0.2) is 0 Å². The molecule has 3 nitrogen and oxygen atoms in total. The highest BCUT2D eigenvalue weighted by molar-refractivity contribution is 5.10. The Balaban J connectivity index is 2.43. The number of nitrogens with one attached hydrogen (secondary N) is 1. The number of hydrogen-bond donors (Lipinski definition) is 1. The average Bonchev–Trinajstić information content (AvgIpc) is 2.66. The Morgan fingerprint density at radius 1 is 1.38 bits per heavy atom. The van der Waals surface area contributed by atoms with Crippen LogP contribution in [0, 0.1) is 5.92 Å². The monoisotopic (exact) mass is 223 g/mol. The van der Waals surface area contributed by atoms with Crippen LogP contribution in [-0.4, -0.2) is 16.3 Å². The van der Waals surface area contributed by atoms with Crippen molar-refractivity contribution in [1.82, 2.24) is 15.1 Å². The summed E-state index contributed by atoms with van der Waals surface area (Å²) >= 11 is 0. The molecule has 0 saturated heterocycles. The SMILES string of the molecule is CCc1cc(CNCCC(C)C)n(CC)n1. The van der Waals surface area contributed by atoms with Gasteiger partial charge in [-0.2, -0.15) is 5.10 Å². The van der Waals surface area contributed by atoms with Crippen LogP contribution in [0.4, 0.5) is 0 Å². The summed E-state index contributed by atoms with van der Waals surface area (Å²) in [4.78, 5) is 0. The van der Waals surface area contributed by atoms with E-state index in [9.17, 15) is 0 Å². The van der Waals surface area contributed by atoms with Crippen molar-refractivity contribution in [2.45, 2.75) is 53.6 Å². The third-order valence-corrected chi connectivity index (χ3v) is 2.78. The van der Waals surface area contributed by atoms with Gasteiger partial charge >= 0.3 is 0 Å². The fraction of sp³-hybridized carbons (Fsp3) is 0.769. The summed E-state index contributed by atoms with van der Waals surface area (Å²) in [5, 5.41) is 8.02. The fourth-order valence-electron chi connectivity index (χ4n) is 1.71. The van der Waals surface area contributed by atoms with E-state index in [1.807, 2.05) is 0 Å². The molecular weight excluding hydrogens is 198 g/mol. The predicted molar refractivity (Wildman–Crippen MR) is 68.4 cm³/mol. The van der Waals surface area contributed by atoms with Crippen molar-refractivity contribution in [3.05, 3.63) is 17.5 Å². The van der Waals surface area contributed by atoms with Crippen molar-refractivity contribution in [1.29, 1.82) is 0 Å². The maximum absolute atomic E-state index is 4.54. The number of nitrogens with zero attached hydrogens (tertiary/aromatic N) is 2. The molecule has 0 fully saturated rings. The van der Waals surface area contributed by atoms with Gasteiger partial charge in [-0.3, -0.25) is 4.68 Å². The lowest BCUT2D eigenvalue weighted by Crippen LogP contribution is -2.18. The van der Waals surface area contributed by atoms with Gasteiger partial charge in [0.25, 0.3) is 0 Å². The van der Waals surface area contributed by atoms with E-state index in [4.69, 9.17) is 0 Å². The summed E-state index contributed by atoms with van der Waals surface area (Å²) in [5.41, 5.74) is 2.51. The molecule has 0 aliphatic carbocycles. The first-order chi connectivity index (χ1) is 7.67. The van der Waals surface area contributed by atoms with Crippen molar-refractivity contribution in [2.24, 2.45) is 5.92 Å². The highest BCUT2D eigenvalue weighted by Crippen LogP contribution is 2.05. The van der Waals surface area contributed by atoms with Crippen LogP contribution in [0.3, 0.4) is 0 Å². The minimum absolute atomic E-state index is 0.773. The summed E-state index contributed by atoms with van der Waals surface area (Å²) in [7, 11) is 0. The minimum Gasteiger partial charge on any atom is -0.311 e. The minimum atomic E-state index is 0.773. The van der Waals surface area contributed by atoms with Crippen LogP contribution in [0.15, 0.2) is 6.07 Å². The number of aromatic nitrogens is 2. The molecule has 1 rings (SSSR count). The maximum atomic E-state index is 4.54. The Hall–Kier alpha value is -0.830. The molecule has 16 heavy (non-hydrogen) atoms. The molecule has 0 spiro atoms. The summed E-state index contributed by atoms with van der Waals surface area (Å²) in [6.45, 7) is 11.8. The molecule has 1 aromatic heterocycles. The van der Waals surface area contributed by atoms with Crippen LogP contribution < -0.4 is 5.32 Å². The molecule has 0 radical (unpaired) electrons. The molecular formula is C13H25N3. The molecule has 0 aromatic carbocycles. The molecule has 0 saturated carbocycles.